The maximum atomic E-state index is 14.6. The summed E-state index contributed by atoms with van der Waals surface area (Å²) in [6.07, 6.45) is 7.51. The first-order chi connectivity index (χ1) is 16.7. The third-order valence-corrected chi connectivity index (χ3v) is 5.89. The van der Waals surface area contributed by atoms with Crippen LogP contribution in [0.2, 0.25) is 0 Å². The molecule has 5 rings (SSSR count). The lowest BCUT2D eigenvalue weighted by atomic mass is 10.2. The molecule has 0 saturated carbocycles. The Morgan fingerprint density at radius 2 is 1.82 bits per heavy atom. The molecule has 0 unspecified atom stereocenters. The number of para-hydroxylation sites is 1. The lowest BCUT2D eigenvalue weighted by Crippen LogP contribution is -2.36. The fourth-order valence-corrected chi connectivity index (χ4v) is 4.26. The van der Waals surface area contributed by atoms with Gasteiger partial charge >= 0.3 is 0 Å². The van der Waals surface area contributed by atoms with Crippen molar-refractivity contribution in [2.24, 2.45) is 0 Å². The molecule has 170 valence electrons. The Labute approximate surface area is 196 Å². The van der Waals surface area contributed by atoms with Crippen LogP contribution in [0.15, 0.2) is 73.3 Å². The normalized spacial score (nSPS) is 14.0. The third kappa shape index (κ3) is 3.90. The van der Waals surface area contributed by atoms with E-state index in [4.69, 9.17) is 0 Å². The summed E-state index contributed by atoms with van der Waals surface area (Å²) in [5, 5.41) is 13.8. The number of carbonyl (C=O) groups is 1. The van der Waals surface area contributed by atoms with E-state index in [1.54, 1.807) is 58.4 Å². The summed E-state index contributed by atoms with van der Waals surface area (Å²) in [7, 11) is 0. The Morgan fingerprint density at radius 1 is 1.00 bits per heavy atom. The van der Waals surface area contributed by atoms with Crippen LogP contribution in [0, 0.1) is 17.1 Å². The number of hydrogen-bond donors (Lipinski definition) is 0. The van der Waals surface area contributed by atoms with Gasteiger partial charge in [-0.25, -0.2) is 14.1 Å². The van der Waals surface area contributed by atoms with Gasteiger partial charge in [0.15, 0.2) is 5.82 Å². The van der Waals surface area contributed by atoms with Crippen LogP contribution >= 0.6 is 0 Å². The minimum absolute atomic E-state index is 0.172. The van der Waals surface area contributed by atoms with Crippen LogP contribution in [0.4, 0.5) is 10.2 Å². The molecular formula is C25H22FN7O. The van der Waals surface area contributed by atoms with Gasteiger partial charge in [0.05, 0.1) is 11.8 Å². The zero-order valence-corrected chi connectivity index (χ0v) is 18.4. The van der Waals surface area contributed by atoms with E-state index in [1.165, 1.54) is 16.9 Å². The van der Waals surface area contributed by atoms with Crippen molar-refractivity contribution < 1.29 is 9.18 Å². The molecule has 0 bridgehead atoms. The number of pyridine rings is 1. The molecule has 1 saturated heterocycles. The van der Waals surface area contributed by atoms with Crippen molar-refractivity contribution in [3.05, 3.63) is 90.3 Å². The van der Waals surface area contributed by atoms with E-state index in [2.05, 4.69) is 16.2 Å². The maximum absolute atomic E-state index is 14.6. The Kier molecular flexibility index (Phi) is 5.79. The van der Waals surface area contributed by atoms with Gasteiger partial charge in [-0.05, 0) is 42.8 Å². The van der Waals surface area contributed by atoms with Crippen LogP contribution < -0.4 is 4.90 Å². The molecule has 4 heterocycles. The Hall–Kier alpha value is -4.45. The van der Waals surface area contributed by atoms with E-state index >= 15 is 0 Å². The molecule has 4 aromatic rings. The molecule has 3 aromatic heterocycles. The van der Waals surface area contributed by atoms with Crippen molar-refractivity contribution in [1.82, 2.24) is 24.2 Å². The lowest BCUT2D eigenvalue weighted by Gasteiger charge is -2.23. The van der Waals surface area contributed by atoms with Crippen LogP contribution in [0.25, 0.3) is 11.5 Å². The minimum Gasteiger partial charge on any atom is -0.354 e. The van der Waals surface area contributed by atoms with Crippen molar-refractivity contribution in [2.75, 3.05) is 31.1 Å². The third-order valence-electron chi connectivity index (χ3n) is 5.89. The average Bonchev–Trinajstić information content (AvgIpc) is 3.48. The van der Waals surface area contributed by atoms with Crippen LogP contribution in [-0.2, 0) is 0 Å². The summed E-state index contributed by atoms with van der Waals surface area (Å²) in [5.41, 5.74) is 1.18. The number of hydrogen-bond acceptors (Lipinski definition) is 5. The number of benzene rings is 1. The highest BCUT2D eigenvalue weighted by atomic mass is 19.1. The van der Waals surface area contributed by atoms with Crippen molar-refractivity contribution in [1.29, 1.82) is 5.26 Å². The summed E-state index contributed by atoms with van der Waals surface area (Å²) >= 11 is 0. The summed E-state index contributed by atoms with van der Waals surface area (Å²) in [6, 6.07) is 15.7. The van der Waals surface area contributed by atoms with Gasteiger partial charge in [0.1, 0.15) is 29.0 Å². The first kappa shape index (κ1) is 21.4. The van der Waals surface area contributed by atoms with Gasteiger partial charge < -0.3 is 14.4 Å². The molecule has 34 heavy (non-hydrogen) atoms. The Morgan fingerprint density at radius 3 is 2.62 bits per heavy atom. The zero-order valence-electron chi connectivity index (χ0n) is 18.4. The number of carbonyl (C=O) groups excluding carboxylic acids is 1. The van der Waals surface area contributed by atoms with E-state index in [9.17, 15) is 14.4 Å². The monoisotopic (exact) mass is 455 g/mol. The van der Waals surface area contributed by atoms with Gasteiger partial charge in [0.2, 0.25) is 0 Å². The van der Waals surface area contributed by atoms with Crippen molar-refractivity contribution >= 4 is 11.7 Å². The zero-order chi connectivity index (χ0) is 23.5. The smallest absolute Gasteiger partial charge is 0.259 e. The average molecular weight is 455 g/mol. The van der Waals surface area contributed by atoms with E-state index in [0.717, 1.165) is 6.42 Å². The van der Waals surface area contributed by atoms with Gasteiger partial charge in [-0.2, -0.15) is 10.4 Å². The molecule has 0 atom stereocenters. The molecule has 9 heteroatoms. The van der Waals surface area contributed by atoms with Crippen LogP contribution in [0.5, 0.6) is 0 Å². The standard InChI is InChI=1S/C25H22FN7O/c26-21-8-1-2-9-22(21)33-24(31-11-3-4-12-31)20(18-29-33)25(34)32-14-6-13-30(15-16-32)23-19(17-27)7-5-10-28-23/h1-5,7-12,18H,6,13-16H2. The first-order valence-corrected chi connectivity index (χ1v) is 11.0. The van der Waals surface area contributed by atoms with Gasteiger partial charge in [0, 0.05) is 44.8 Å². The summed E-state index contributed by atoms with van der Waals surface area (Å²) in [4.78, 5) is 21.9. The number of aromatic nitrogens is 4. The summed E-state index contributed by atoms with van der Waals surface area (Å²) < 4.78 is 17.8. The predicted molar refractivity (Wildman–Crippen MR) is 125 cm³/mol. The van der Waals surface area contributed by atoms with E-state index in [0.29, 0.717) is 48.9 Å². The number of halogens is 1. The number of amides is 1. The van der Waals surface area contributed by atoms with Gasteiger partial charge in [-0.3, -0.25) is 4.79 Å². The highest BCUT2D eigenvalue weighted by Gasteiger charge is 2.27. The number of nitrogens with zero attached hydrogens (tertiary/aromatic N) is 7. The van der Waals surface area contributed by atoms with Crippen LogP contribution in [0.3, 0.4) is 0 Å². The summed E-state index contributed by atoms with van der Waals surface area (Å²) in [6.45, 7) is 2.27. The molecule has 1 aliphatic heterocycles. The van der Waals surface area contributed by atoms with Crippen molar-refractivity contribution in [3.8, 4) is 17.6 Å². The number of nitriles is 1. The topological polar surface area (TPSA) is 83.0 Å². The molecule has 0 N–H and O–H groups in total. The second kappa shape index (κ2) is 9.19. The lowest BCUT2D eigenvalue weighted by molar-refractivity contribution is 0.0767. The van der Waals surface area contributed by atoms with E-state index in [1.807, 2.05) is 17.0 Å². The molecule has 1 amide bonds. The molecule has 0 aliphatic carbocycles. The Bertz CT molecular complexity index is 1360. The Balaban J connectivity index is 1.45. The SMILES string of the molecule is N#Cc1cccnc1N1CCCN(C(=O)c2cnn(-c3ccccc3F)c2-n2cccc2)CC1. The number of anilines is 1. The quantitative estimate of drug-likeness (QED) is 0.471. The molecule has 1 aromatic carbocycles. The van der Waals surface area contributed by atoms with Gasteiger partial charge in [0.25, 0.3) is 5.91 Å². The van der Waals surface area contributed by atoms with Crippen molar-refractivity contribution in [2.45, 2.75) is 6.42 Å². The second-order valence-electron chi connectivity index (χ2n) is 7.95. The highest BCUT2D eigenvalue weighted by molar-refractivity contribution is 5.97. The number of rotatable bonds is 4. The molecule has 1 aliphatic rings. The molecular weight excluding hydrogens is 433 g/mol. The van der Waals surface area contributed by atoms with Gasteiger partial charge in [-0.15, -0.1) is 0 Å². The molecule has 8 nitrogen and oxygen atoms in total. The second-order valence-corrected chi connectivity index (χ2v) is 7.95. The fourth-order valence-electron chi connectivity index (χ4n) is 4.26. The van der Waals surface area contributed by atoms with Crippen molar-refractivity contribution in [3.63, 3.8) is 0 Å². The molecule has 1 fully saturated rings. The van der Waals surface area contributed by atoms with Crippen LogP contribution in [-0.4, -0.2) is 56.3 Å². The van der Waals surface area contributed by atoms with E-state index in [-0.39, 0.29) is 11.6 Å². The summed E-state index contributed by atoms with van der Waals surface area (Å²) in [5.74, 6) is 0.527. The predicted octanol–water partition coefficient (Wildman–Crippen LogP) is 3.42. The fraction of sp³-hybridized carbons (Fsp3) is 0.200. The largest absolute Gasteiger partial charge is 0.354 e. The van der Waals surface area contributed by atoms with E-state index < -0.39 is 5.82 Å². The minimum atomic E-state index is -0.424. The first-order valence-electron chi connectivity index (χ1n) is 11.0. The molecule has 0 spiro atoms. The highest BCUT2D eigenvalue weighted by Crippen LogP contribution is 2.24. The maximum Gasteiger partial charge on any atom is 0.259 e. The molecule has 0 radical (unpaired) electrons. The van der Waals surface area contributed by atoms with Gasteiger partial charge in [-0.1, -0.05) is 12.1 Å². The van der Waals surface area contributed by atoms with Crippen LogP contribution in [0.1, 0.15) is 22.3 Å².